The van der Waals surface area contributed by atoms with Crippen LogP contribution in [0.2, 0.25) is 0 Å². The Morgan fingerprint density at radius 1 is 0.398 bits per heavy atom. The number of fused-ring (bicyclic) bond motifs is 26. The summed E-state index contributed by atoms with van der Waals surface area (Å²) in [5, 5.41) is 99.1. The molecule has 1 atom stereocenters. The van der Waals surface area contributed by atoms with Gasteiger partial charge in [-0.1, -0.05) is 35.6 Å². The van der Waals surface area contributed by atoms with Crippen LogP contribution in [0.5, 0.6) is 17.2 Å². The number of aromatic hydroxyl groups is 3. The van der Waals surface area contributed by atoms with Gasteiger partial charge in [0.15, 0.2) is 5.13 Å². The molecule has 26 rings (SSSR count). The molecular weight excluding hydrogens is 1680 g/mol. The molecule has 13 N–H and O–H groups in total. The highest BCUT2D eigenvalue weighted by Crippen LogP contribution is 2.46. The Morgan fingerprint density at radius 2 is 0.774 bits per heavy atom. The fourth-order valence-corrected chi connectivity index (χ4v) is 21.6. The predicted molar refractivity (Wildman–Crippen MR) is 526 cm³/mol. The molecule has 133 heavy (non-hydrogen) atoms. The number of nitrogens with one attached hydrogen (secondary N) is 6. The van der Waals surface area contributed by atoms with Gasteiger partial charge in [0.25, 0.3) is 0 Å². The highest BCUT2D eigenvalue weighted by molar-refractivity contribution is 7.22. The highest BCUT2D eigenvalue weighted by atomic mass is 32.1. The van der Waals surface area contributed by atoms with Crippen LogP contribution >= 0.6 is 11.3 Å². The van der Waals surface area contributed by atoms with Crippen LogP contribution in [0.3, 0.4) is 0 Å². The Hall–Kier alpha value is -15.2. The molecular formula is C106H95N19O7S. The first-order valence-corrected chi connectivity index (χ1v) is 46.5. The van der Waals surface area contributed by atoms with Gasteiger partial charge in [0.05, 0.1) is 151 Å². The van der Waals surface area contributed by atoms with E-state index in [1.807, 2.05) is 96.5 Å². The maximum Gasteiger partial charge on any atom is 0.217 e. The number of anilines is 2. The number of hydrogen-bond acceptors (Lipinski definition) is 21. The van der Waals surface area contributed by atoms with Crippen LogP contribution in [-0.2, 0) is 73.9 Å². The monoisotopic (exact) mass is 1780 g/mol. The fourth-order valence-electron chi connectivity index (χ4n) is 20.8. The molecule has 21 aromatic rings. The predicted octanol–water partition coefficient (Wildman–Crippen LogP) is 19.7. The van der Waals surface area contributed by atoms with Gasteiger partial charge in [0, 0.05) is 119 Å². The SMILES string of the molecule is CC(=O)NC1CCc2c(c(-c3ccc(O)cc3)nc3ccc4[nH]ncc4c23)C1.Nc1nc2cc(-c3nc4ccc5[nH]ncc5c4c4c3CCCC4)ccc2s1.OCCN(CCO)c1ccc(-c2nc3ccc4[nH]ncc4c3c3c2CCCC3)cc1.Oc1ccc(-c2nc3c(ccc4[nH]ncc43)c3c2CCCC3)cc1.Oc1ccc(-c2nc3ccc4[nH]ncc4c3c3c2COCC3)cc1. The van der Waals surface area contributed by atoms with Crippen molar-refractivity contribution in [1.82, 2.24) is 86.2 Å². The van der Waals surface area contributed by atoms with Crippen LogP contribution in [0.1, 0.15) is 108 Å². The number of carbonyl (C=O) groups is 1. The number of aliphatic hydroxyl groups is 2. The lowest BCUT2D eigenvalue weighted by Crippen LogP contribution is -2.37. The molecule has 1 aliphatic heterocycles. The number of amides is 1. The molecule has 0 fully saturated rings. The van der Waals surface area contributed by atoms with Gasteiger partial charge in [-0.15, -0.1) is 0 Å². The summed E-state index contributed by atoms with van der Waals surface area (Å²) in [7, 11) is 0. The topological polar surface area (TPSA) is 389 Å². The third-order valence-electron chi connectivity index (χ3n) is 26.9. The number of benzene rings is 10. The Bertz CT molecular complexity index is 8060. The standard InChI is InChI=1S/C24H26N4O2.C22H20N4O2.C21H17N5S.C20H17N3O.C19H15N3O2/c29-13-11-28(12-14-30)17-7-5-16(6-8-17)24-19-4-2-1-3-18(19)23-20-15-25-27-21(20)9-10-22(23)26-24;1-12(27)24-14-4-7-16-17(10-14)22(13-2-5-15(28)6-3-13)25-20-9-8-19-18(21(16)20)11-23-26-19;22-21-25-17-9-11(5-8-18(17)27-21)20-13-4-2-1-3-12(13)19-14-10-23-26-15(14)6-7-16(19)24-20;24-13-7-5-12(6-8-13)19-15-4-2-1-3-14(15)16-9-10-18-17(11-21-23-18)20(16)22-19;23-12-3-1-11(2-4-12)19-15-10-24-8-7-13(15)18-14-9-20-22-16(14)5-6-17(18)21-19/h5-10,15,29-30H,1-4,11-14H2,(H,25,27);2-3,5-6,8-9,11,14,28H,4,7,10H2,1H3,(H,23,26)(H,24,27);5-10H,1-4H2,(H2,22,25)(H,23,26);5-11,24H,1-4H2,(H,21,23);1-6,9,23H,7-8,10H2,(H,20,22). The molecule has 27 heteroatoms. The lowest BCUT2D eigenvalue weighted by molar-refractivity contribution is -0.119. The summed E-state index contributed by atoms with van der Waals surface area (Å²) in [6.45, 7) is 3.96. The number of carbonyl (C=O) groups excluding carboxylic acids is 1. The molecule has 0 bridgehead atoms. The molecule has 0 saturated carbocycles. The van der Waals surface area contributed by atoms with Crippen LogP contribution in [0, 0.1) is 0 Å². The van der Waals surface area contributed by atoms with Crippen molar-refractivity contribution in [3.8, 4) is 73.5 Å². The van der Waals surface area contributed by atoms with Gasteiger partial charge < -0.3 is 46.2 Å². The first-order chi connectivity index (χ1) is 65.3. The second-order valence-electron chi connectivity index (χ2n) is 35.0. The number of phenols is 3. The average molecular weight is 1780 g/mol. The lowest BCUT2D eigenvalue weighted by Gasteiger charge is -2.28. The number of aryl methyl sites for hydroxylation is 4. The summed E-state index contributed by atoms with van der Waals surface area (Å²) in [6.07, 6.45) is 26.5. The summed E-state index contributed by atoms with van der Waals surface area (Å²) in [4.78, 5) is 43.2. The number of aromatic amines is 5. The molecule has 662 valence electrons. The molecule has 5 aliphatic rings. The van der Waals surface area contributed by atoms with Crippen molar-refractivity contribution in [2.45, 2.75) is 122 Å². The number of nitrogens with two attached hydrogens (primary N) is 1. The van der Waals surface area contributed by atoms with Crippen LogP contribution in [0.15, 0.2) is 207 Å². The normalized spacial score (nSPS) is 14.5. The van der Waals surface area contributed by atoms with E-state index in [1.165, 1.54) is 121 Å². The second kappa shape index (κ2) is 35.6. The molecule has 1 amide bonds. The van der Waals surface area contributed by atoms with E-state index in [1.54, 1.807) is 43.3 Å². The number of hydrogen-bond donors (Lipinski definition) is 12. The Kier molecular flexibility index (Phi) is 22.3. The molecule has 4 aliphatic carbocycles. The molecule has 11 aromatic heterocycles. The van der Waals surface area contributed by atoms with Gasteiger partial charge in [-0.3, -0.25) is 30.3 Å². The summed E-state index contributed by atoms with van der Waals surface area (Å²) in [5.41, 5.74) is 41.5. The number of nitrogens with zero attached hydrogens (tertiary/aromatic N) is 12. The Morgan fingerprint density at radius 3 is 1.24 bits per heavy atom. The largest absolute Gasteiger partial charge is 0.508 e. The smallest absolute Gasteiger partial charge is 0.217 e. The molecule has 12 heterocycles. The molecule has 0 radical (unpaired) electrons. The fraction of sp³-hybridized carbons (Fsp3) is 0.226. The van der Waals surface area contributed by atoms with Gasteiger partial charge in [-0.25, -0.2) is 29.9 Å². The van der Waals surface area contributed by atoms with E-state index >= 15 is 0 Å². The van der Waals surface area contributed by atoms with Gasteiger partial charge in [-0.2, -0.15) is 25.5 Å². The summed E-state index contributed by atoms with van der Waals surface area (Å²) in [5.74, 6) is 0.760. The van der Waals surface area contributed by atoms with Crippen LogP contribution in [0.4, 0.5) is 10.8 Å². The third-order valence-corrected chi connectivity index (χ3v) is 27.8. The first-order valence-electron chi connectivity index (χ1n) is 45.6. The summed E-state index contributed by atoms with van der Waals surface area (Å²) in [6, 6.07) is 57.2. The second-order valence-corrected chi connectivity index (χ2v) is 36.0. The number of pyridine rings is 5. The molecule has 0 saturated heterocycles. The van der Waals surface area contributed by atoms with Crippen molar-refractivity contribution < 1.29 is 35.1 Å². The van der Waals surface area contributed by atoms with E-state index in [2.05, 4.69) is 140 Å². The Balaban J connectivity index is 0.0000000971. The number of rotatable bonds is 11. The minimum atomic E-state index is -0.00870. The number of ether oxygens (including phenoxy) is 1. The minimum Gasteiger partial charge on any atom is -0.508 e. The highest BCUT2D eigenvalue weighted by Gasteiger charge is 2.30. The average Bonchev–Trinajstić information content (AvgIpc) is 1.73. The minimum absolute atomic E-state index is 0.00870. The van der Waals surface area contributed by atoms with E-state index in [4.69, 9.17) is 35.4 Å². The number of aliphatic hydroxyl groups excluding tert-OH is 2. The maximum absolute atomic E-state index is 11.6. The zero-order chi connectivity index (χ0) is 89.9. The zero-order valence-corrected chi connectivity index (χ0v) is 74.0. The molecule has 10 aromatic carbocycles. The van der Waals surface area contributed by atoms with Crippen LogP contribution < -0.4 is 16.0 Å². The van der Waals surface area contributed by atoms with E-state index in [9.17, 15) is 30.3 Å². The van der Waals surface area contributed by atoms with Crippen molar-refractivity contribution in [3.05, 3.63) is 263 Å². The molecule has 0 spiro atoms. The van der Waals surface area contributed by atoms with E-state index in [-0.39, 0.29) is 42.4 Å². The van der Waals surface area contributed by atoms with Gasteiger partial charge in [-0.05, 0) is 304 Å². The van der Waals surface area contributed by atoms with Crippen molar-refractivity contribution in [2.75, 3.05) is 43.5 Å². The summed E-state index contributed by atoms with van der Waals surface area (Å²) < 4.78 is 6.83. The Labute approximate surface area is 765 Å². The number of H-pyrrole nitrogens is 5. The van der Waals surface area contributed by atoms with Crippen molar-refractivity contribution in [1.29, 1.82) is 0 Å². The van der Waals surface area contributed by atoms with Crippen LogP contribution in [-0.4, -0.2) is 151 Å². The zero-order valence-electron chi connectivity index (χ0n) is 73.2. The van der Waals surface area contributed by atoms with E-state index in [0.29, 0.717) is 24.8 Å². The maximum atomic E-state index is 11.6. The van der Waals surface area contributed by atoms with Gasteiger partial charge in [0.1, 0.15) is 17.2 Å². The van der Waals surface area contributed by atoms with Crippen molar-refractivity contribution >= 4 is 147 Å². The third kappa shape index (κ3) is 15.8. The summed E-state index contributed by atoms with van der Waals surface area (Å²) >= 11 is 1.53. The van der Waals surface area contributed by atoms with E-state index in [0.717, 1.165) is 236 Å². The number of nitrogen functional groups attached to an aromatic ring is 1. The molecule has 26 nitrogen and oxygen atoms in total. The van der Waals surface area contributed by atoms with Gasteiger partial charge >= 0.3 is 0 Å². The van der Waals surface area contributed by atoms with Crippen molar-refractivity contribution in [2.24, 2.45) is 0 Å². The number of thiazole rings is 1. The number of aromatic nitrogens is 16. The molecule has 1 unspecified atom stereocenters. The quantitative estimate of drug-likeness (QED) is 0.0572. The lowest BCUT2D eigenvalue weighted by atomic mass is 9.83. The van der Waals surface area contributed by atoms with Crippen molar-refractivity contribution in [3.63, 3.8) is 0 Å². The van der Waals surface area contributed by atoms with Crippen LogP contribution in [0.25, 0.3) is 176 Å². The first kappa shape index (κ1) is 83.5. The van der Waals surface area contributed by atoms with E-state index < -0.39 is 0 Å². The van der Waals surface area contributed by atoms with Gasteiger partial charge in [0.2, 0.25) is 5.91 Å². The number of phenolic OH excluding ortho intramolecular Hbond substituents is 3.